The molecule has 12 heavy (non-hydrogen) atoms. The lowest BCUT2D eigenvalue weighted by molar-refractivity contribution is -0.120. The van der Waals surface area contributed by atoms with E-state index in [-0.39, 0.29) is 18.0 Å². The highest BCUT2D eigenvalue weighted by Gasteiger charge is 2.12. The van der Waals surface area contributed by atoms with Crippen molar-refractivity contribution in [1.82, 2.24) is 0 Å². The first kappa shape index (κ1) is 11.6. The summed E-state index contributed by atoms with van der Waals surface area (Å²) in [6, 6.07) is 0. The van der Waals surface area contributed by atoms with Gasteiger partial charge in [-0.25, -0.2) is 0 Å². The number of Topliss-reactive ketones (excluding diaryl/α,β-unsaturated/α-hetero) is 1. The van der Waals surface area contributed by atoms with Crippen molar-refractivity contribution >= 4 is 5.78 Å². The minimum absolute atomic E-state index is 0.0555. The molecule has 0 radical (unpaired) electrons. The third-order valence-corrected chi connectivity index (χ3v) is 1.96. The summed E-state index contributed by atoms with van der Waals surface area (Å²) in [4.78, 5) is 10.7. The van der Waals surface area contributed by atoms with Crippen molar-refractivity contribution in [1.29, 1.82) is 0 Å². The van der Waals surface area contributed by atoms with Crippen LogP contribution in [0.2, 0.25) is 0 Å². The second kappa shape index (κ2) is 5.31. The van der Waals surface area contributed by atoms with Crippen LogP contribution in [0.4, 0.5) is 0 Å². The molecule has 0 amide bonds. The van der Waals surface area contributed by atoms with Gasteiger partial charge in [-0.2, -0.15) is 0 Å². The molecule has 0 unspecified atom stereocenters. The van der Waals surface area contributed by atoms with E-state index in [0.717, 1.165) is 0 Å². The van der Waals surface area contributed by atoms with Gasteiger partial charge in [-0.3, -0.25) is 4.79 Å². The molecule has 0 aliphatic carbocycles. The van der Waals surface area contributed by atoms with Crippen molar-refractivity contribution in [3.05, 3.63) is 0 Å². The van der Waals surface area contributed by atoms with Crippen LogP contribution in [0.3, 0.4) is 0 Å². The fourth-order valence-electron chi connectivity index (χ4n) is 0.976. The molecule has 2 nitrogen and oxygen atoms in total. The van der Waals surface area contributed by atoms with Gasteiger partial charge in [0, 0.05) is 6.42 Å². The van der Waals surface area contributed by atoms with Crippen LogP contribution in [-0.2, 0) is 9.53 Å². The van der Waals surface area contributed by atoms with Gasteiger partial charge in [-0.1, -0.05) is 13.8 Å². The quantitative estimate of drug-likeness (QED) is 0.636. The Hall–Kier alpha value is -0.370. The number of ketones is 1. The predicted molar refractivity (Wildman–Crippen MR) is 50.1 cm³/mol. The van der Waals surface area contributed by atoms with Crippen molar-refractivity contribution in [2.75, 3.05) is 0 Å². The Morgan fingerprint density at radius 2 is 1.75 bits per heavy atom. The van der Waals surface area contributed by atoms with Crippen LogP contribution in [-0.4, -0.2) is 18.0 Å². The van der Waals surface area contributed by atoms with Gasteiger partial charge in [-0.15, -0.1) is 0 Å². The van der Waals surface area contributed by atoms with E-state index in [1.54, 1.807) is 6.92 Å². The van der Waals surface area contributed by atoms with Crippen LogP contribution in [0.1, 0.15) is 41.0 Å². The number of hydrogen-bond acceptors (Lipinski definition) is 2. The number of ether oxygens (including phenoxy) is 1. The minimum atomic E-state index is 0.0555. The molecule has 0 aromatic rings. The van der Waals surface area contributed by atoms with Crippen LogP contribution >= 0.6 is 0 Å². The predicted octanol–water partition coefficient (Wildman–Crippen LogP) is 2.42. The van der Waals surface area contributed by atoms with Crippen LogP contribution in [0.5, 0.6) is 0 Å². The molecule has 2 atom stereocenters. The van der Waals surface area contributed by atoms with E-state index < -0.39 is 0 Å². The molecule has 0 aromatic heterocycles. The van der Waals surface area contributed by atoms with Crippen LogP contribution in [0, 0.1) is 5.92 Å². The van der Waals surface area contributed by atoms with E-state index in [1.807, 2.05) is 13.8 Å². The molecular weight excluding hydrogens is 152 g/mol. The third-order valence-electron chi connectivity index (χ3n) is 1.96. The Balaban J connectivity index is 3.68. The lowest BCUT2D eigenvalue weighted by Crippen LogP contribution is -2.23. The zero-order chi connectivity index (χ0) is 9.72. The molecule has 0 aliphatic heterocycles. The van der Waals surface area contributed by atoms with E-state index in [2.05, 4.69) is 13.8 Å². The van der Waals surface area contributed by atoms with Crippen molar-refractivity contribution in [3.63, 3.8) is 0 Å². The summed E-state index contributed by atoms with van der Waals surface area (Å²) in [6.45, 7) is 9.82. The molecule has 0 heterocycles. The highest BCUT2D eigenvalue weighted by atomic mass is 16.5. The first-order valence-corrected chi connectivity index (χ1v) is 4.58. The maximum atomic E-state index is 10.7. The standard InChI is InChI=1S/C10H20O2/c1-7(2)10(5)12-9(4)6-8(3)11/h7,9-10H,6H2,1-5H3/t9-,10+/m1/s1. The lowest BCUT2D eigenvalue weighted by Gasteiger charge is -2.21. The van der Waals surface area contributed by atoms with Crippen molar-refractivity contribution in [2.45, 2.75) is 53.2 Å². The topological polar surface area (TPSA) is 26.3 Å². The molecule has 0 saturated carbocycles. The number of carbonyl (C=O) groups is 1. The monoisotopic (exact) mass is 172 g/mol. The SMILES string of the molecule is CC(=O)C[C@@H](C)O[C@@H](C)C(C)C. The maximum Gasteiger partial charge on any atom is 0.132 e. The first-order chi connectivity index (χ1) is 5.43. The van der Waals surface area contributed by atoms with Gasteiger partial charge in [0.2, 0.25) is 0 Å². The van der Waals surface area contributed by atoms with Crippen molar-refractivity contribution in [2.24, 2.45) is 5.92 Å². The summed E-state index contributed by atoms with van der Waals surface area (Å²) in [5.41, 5.74) is 0. The Morgan fingerprint density at radius 1 is 1.25 bits per heavy atom. The van der Waals surface area contributed by atoms with Gasteiger partial charge in [-0.05, 0) is 26.7 Å². The zero-order valence-corrected chi connectivity index (χ0v) is 8.76. The molecule has 0 saturated heterocycles. The normalized spacial score (nSPS) is 16.2. The third kappa shape index (κ3) is 5.30. The Kier molecular flexibility index (Phi) is 5.14. The lowest BCUT2D eigenvalue weighted by atomic mass is 10.1. The summed E-state index contributed by atoms with van der Waals surface area (Å²) >= 11 is 0. The van der Waals surface area contributed by atoms with Crippen LogP contribution in [0.15, 0.2) is 0 Å². The van der Waals surface area contributed by atoms with E-state index in [1.165, 1.54) is 0 Å². The molecule has 0 fully saturated rings. The van der Waals surface area contributed by atoms with Crippen LogP contribution < -0.4 is 0 Å². The average Bonchev–Trinajstić information content (AvgIpc) is 1.84. The maximum absolute atomic E-state index is 10.7. The summed E-state index contributed by atoms with van der Waals surface area (Å²) < 4.78 is 5.60. The number of rotatable bonds is 5. The van der Waals surface area contributed by atoms with Gasteiger partial charge in [0.05, 0.1) is 12.2 Å². The van der Waals surface area contributed by atoms with Gasteiger partial charge < -0.3 is 4.74 Å². The molecule has 0 aromatic carbocycles. The largest absolute Gasteiger partial charge is 0.375 e. The second-order valence-electron chi connectivity index (χ2n) is 3.80. The number of carbonyl (C=O) groups excluding carboxylic acids is 1. The van der Waals surface area contributed by atoms with Gasteiger partial charge >= 0.3 is 0 Å². The summed E-state index contributed by atoms with van der Waals surface area (Å²) in [7, 11) is 0. The smallest absolute Gasteiger partial charge is 0.132 e. The molecule has 0 N–H and O–H groups in total. The summed E-state index contributed by atoms with van der Waals surface area (Å²) in [6.07, 6.45) is 0.816. The second-order valence-corrected chi connectivity index (χ2v) is 3.80. The highest BCUT2D eigenvalue weighted by molar-refractivity contribution is 5.75. The van der Waals surface area contributed by atoms with E-state index in [9.17, 15) is 4.79 Å². The first-order valence-electron chi connectivity index (χ1n) is 4.58. The zero-order valence-electron chi connectivity index (χ0n) is 8.76. The molecular formula is C10H20O2. The van der Waals surface area contributed by atoms with Gasteiger partial charge in [0.25, 0.3) is 0 Å². The molecule has 0 aliphatic rings. The Morgan fingerprint density at radius 3 is 2.08 bits per heavy atom. The van der Waals surface area contributed by atoms with Crippen LogP contribution in [0.25, 0.3) is 0 Å². The molecule has 72 valence electrons. The van der Waals surface area contributed by atoms with Crippen molar-refractivity contribution in [3.8, 4) is 0 Å². The Bertz CT molecular complexity index is 141. The number of hydrogen-bond donors (Lipinski definition) is 0. The van der Waals surface area contributed by atoms with Gasteiger partial charge in [0.1, 0.15) is 5.78 Å². The van der Waals surface area contributed by atoms with E-state index in [4.69, 9.17) is 4.74 Å². The van der Waals surface area contributed by atoms with E-state index >= 15 is 0 Å². The minimum Gasteiger partial charge on any atom is -0.375 e. The fourth-order valence-corrected chi connectivity index (χ4v) is 0.976. The van der Waals surface area contributed by atoms with E-state index in [0.29, 0.717) is 12.3 Å². The summed E-state index contributed by atoms with van der Waals surface area (Å²) in [5.74, 6) is 0.706. The Labute approximate surface area is 75.3 Å². The molecule has 2 heteroatoms. The highest BCUT2D eigenvalue weighted by Crippen LogP contribution is 2.10. The average molecular weight is 172 g/mol. The molecule has 0 spiro atoms. The molecule has 0 rings (SSSR count). The fraction of sp³-hybridized carbons (Fsp3) is 0.900. The van der Waals surface area contributed by atoms with Gasteiger partial charge in [0.15, 0.2) is 0 Å². The molecule has 0 bridgehead atoms. The summed E-state index contributed by atoms with van der Waals surface area (Å²) in [5, 5.41) is 0. The van der Waals surface area contributed by atoms with Crippen molar-refractivity contribution < 1.29 is 9.53 Å².